The van der Waals surface area contributed by atoms with E-state index in [2.05, 4.69) is 9.62 Å². The Hall–Kier alpha value is -3.59. The number of carbonyl (C=O) groups is 1. The predicted molar refractivity (Wildman–Crippen MR) is 134 cm³/mol. The third-order valence-corrected chi connectivity index (χ3v) is 7.41. The van der Waals surface area contributed by atoms with Gasteiger partial charge in [0.05, 0.1) is 12.0 Å². The van der Waals surface area contributed by atoms with Gasteiger partial charge < -0.3 is 14.5 Å². The van der Waals surface area contributed by atoms with Gasteiger partial charge in [-0.25, -0.2) is 12.8 Å². The Labute approximate surface area is 205 Å². The number of rotatable bonds is 6. The molecule has 1 aliphatic rings. The number of benzene rings is 3. The van der Waals surface area contributed by atoms with Crippen LogP contribution in [-0.2, 0) is 10.0 Å². The van der Waals surface area contributed by atoms with Crippen LogP contribution in [0.2, 0.25) is 0 Å². The van der Waals surface area contributed by atoms with E-state index in [-0.39, 0.29) is 16.5 Å². The maximum absolute atomic E-state index is 13.9. The van der Waals surface area contributed by atoms with Crippen LogP contribution in [0.15, 0.2) is 71.6 Å². The van der Waals surface area contributed by atoms with Crippen LogP contribution < -0.4 is 14.4 Å². The molecule has 1 amide bonds. The summed E-state index contributed by atoms with van der Waals surface area (Å²) in [4.78, 5) is 17.1. The first kappa shape index (κ1) is 24.5. The summed E-state index contributed by atoms with van der Waals surface area (Å²) in [5, 5.41) is 0. The van der Waals surface area contributed by atoms with Crippen LogP contribution in [0.5, 0.6) is 5.75 Å². The minimum absolute atomic E-state index is 0.163. The van der Waals surface area contributed by atoms with Gasteiger partial charge in [0, 0.05) is 43.1 Å². The molecule has 1 N–H and O–H groups in total. The van der Waals surface area contributed by atoms with Crippen molar-refractivity contribution in [1.82, 2.24) is 4.90 Å². The molecule has 0 bridgehead atoms. The lowest BCUT2D eigenvalue weighted by atomic mass is 10.1. The maximum Gasteiger partial charge on any atom is 0.261 e. The average Bonchev–Trinajstić information content (AvgIpc) is 3.11. The molecule has 3 aromatic rings. The monoisotopic (exact) mass is 497 g/mol. The Morgan fingerprint density at radius 3 is 2.46 bits per heavy atom. The Morgan fingerprint density at radius 2 is 1.74 bits per heavy atom. The molecule has 0 aromatic heterocycles. The average molecular weight is 498 g/mol. The highest BCUT2D eigenvalue weighted by Gasteiger charge is 2.22. The number of halogens is 1. The molecule has 9 heteroatoms. The first-order chi connectivity index (χ1) is 16.8. The SMILES string of the molecule is COc1ccc(N2CCCN(C(=O)c3cccc(NS(=O)(=O)c4ccc(C)c(F)c4)c3)CC2)cc1. The van der Waals surface area contributed by atoms with E-state index in [1.54, 1.807) is 37.1 Å². The zero-order chi connectivity index (χ0) is 25.0. The standard InChI is InChI=1S/C26H28FN3O4S/c1-19-7-12-24(18-25(19)27)35(32,33)28-21-6-3-5-20(17-21)26(31)30-14-4-13-29(15-16-30)22-8-10-23(34-2)11-9-22/h3,5-12,17-18,28H,4,13-16H2,1-2H3. The minimum atomic E-state index is -4.00. The van der Waals surface area contributed by atoms with E-state index in [1.165, 1.54) is 18.2 Å². The molecule has 1 aliphatic heterocycles. The van der Waals surface area contributed by atoms with E-state index in [4.69, 9.17) is 4.74 Å². The maximum atomic E-state index is 13.9. The molecule has 0 saturated carbocycles. The first-order valence-electron chi connectivity index (χ1n) is 11.3. The van der Waals surface area contributed by atoms with Gasteiger partial charge >= 0.3 is 0 Å². The number of ether oxygens (including phenoxy) is 1. The topological polar surface area (TPSA) is 79.0 Å². The lowest BCUT2D eigenvalue weighted by molar-refractivity contribution is 0.0767. The van der Waals surface area contributed by atoms with Crippen molar-refractivity contribution in [2.24, 2.45) is 0 Å². The van der Waals surface area contributed by atoms with Gasteiger partial charge in [0.1, 0.15) is 11.6 Å². The molecule has 4 rings (SSSR count). The van der Waals surface area contributed by atoms with Crippen molar-refractivity contribution in [3.05, 3.63) is 83.7 Å². The molecule has 184 valence electrons. The summed E-state index contributed by atoms with van der Waals surface area (Å²) < 4.78 is 47.0. The van der Waals surface area contributed by atoms with Gasteiger partial charge in [-0.1, -0.05) is 12.1 Å². The van der Waals surface area contributed by atoms with Gasteiger partial charge in [0.15, 0.2) is 0 Å². The van der Waals surface area contributed by atoms with Crippen LogP contribution in [-0.4, -0.2) is 52.5 Å². The van der Waals surface area contributed by atoms with Crippen molar-refractivity contribution >= 4 is 27.3 Å². The molecule has 0 spiro atoms. The summed E-state index contributed by atoms with van der Waals surface area (Å²) in [5.41, 5.74) is 2.06. The van der Waals surface area contributed by atoms with E-state index in [9.17, 15) is 17.6 Å². The number of carbonyl (C=O) groups excluding carboxylic acids is 1. The Kier molecular flexibility index (Phi) is 7.25. The fourth-order valence-corrected chi connectivity index (χ4v) is 5.09. The molecule has 1 saturated heterocycles. The Balaban J connectivity index is 1.45. The van der Waals surface area contributed by atoms with E-state index in [0.717, 1.165) is 30.5 Å². The van der Waals surface area contributed by atoms with E-state index in [1.807, 2.05) is 24.3 Å². The number of hydrogen-bond donors (Lipinski definition) is 1. The second kappa shape index (κ2) is 10.4. The lowest BCUT2D eigenvalue weighted by Crippen LogP contribution is -2.35. The Morgan fingerprint density at radius 1 is 0.971 bits per heavy atom. The first-order valence-corrected chi connectivity index (χ1v) is 12.8. The number of anilines is 2. The van der Waals surface area contributed by atoms with Crippen LogP contribution in [0, 0.1) is 12.7 Å². The van der Waals surface area contributed by atoms with Crippen LogP contribution in [0.1, 0.15) is 22.3 Å². The molecule has 3 aromatic carbocycles. The summed E-state index contributed by atoms with van der Waals surface area (Å²) in [6, 6.07) is 18.0. The highest BCUT2D eigenvalue weighted by molar-refractivity contribution is 7.92. The normalized spacial score (nSPS) is 14.4. The summed E-state index contributed by atoms with van der Waals surface area (Å²) in [6.45, 7) is 4.22. The van der Waals surface area contributed by atoms with Gasteiger partial charge in [-0.15, -0.1) is 0 Å². The van der Waals surface area contributed by atoms with Crippen LogP contribution >= 0.6 is 0 Å². The zero-order valence-corrected chi connectivity index (χ0v) is 20.5. The fourth-order valence-electron chi connectivity index (χ4n) is 4.02. The number of amides is 1. The second-order valence-corrected chi connectivity index (χ2v) is 10.1. The van der Waals surface area contributed by atoms with Crippen molar-refractivity contribution in [2.75, 3.05) is 42.9 Å². The number of hydrogen-bond acceptors (Lipinski definition) is 5. The van der Waals surface area contributed by atoms with Crippen molar-refractivity contribution in [1.29, 1.82) is 0 Å². The smallest absolute Gasteiger partial charge is 0.261 e. The third kappa shape index (κ3) is 5.74. The van der Waals surface area contributed by atoms with Gasteiger partial charge in [-0.05, 0) is 73.5 Å². The third-order valence-electron chi connectivity index (χ3n) is 6.04. The second-order valence-electron chi connectivity index (χ2n) is 8.43. The number of nitrogens with one attached hydrogen (secondary N) is 1. The van der Waals surface area contributed by atoms with Gasteiger partial charge in [0.25, 0.3) is 15.9 Å². The minimum Gasteiger partial charge on any atom is -0.497 e. The summed E-state index contributed by atoms with van der Waals surface area (Å²) in [6.07, 6.45) is 0.809. The molecule has 35 heavy (non-hydrogen) atoms. The van der Waals surface area contributed by atoms with Crippen molar-refractivity contribution in [2.45, 2.75) is 18.2 Å². The van der Waals surface area contributed by atoms with Gasteiger partial charge in [-0.2, -0.15) is 0 Å². The Bertz CT molecular complexity index is 1310. The van der Waals surface area contributed by atoms with Gasteiger partial charge in [-0.3, -0.25) is 9.52 Å². The molecule has 1 fully saturated rings. The van der Waals surface area contributed by atoms with Crippen LogP contribution in [0.4, 0.5) is 15.8 Å². The summed E-state index contributed by atoms with van der Waals surface area (Å²) in [5.74, 6) is 0.0362. The molecule has 0 aliphatic carbocycles. The van der Waals surface area contributed by atoms with Gasteiger partial charge in [0.2, 0.25) is 0 Å². The molecule has 0 radical (unpaired) electrons. The summed E-state index contributed by atoms with van der Waals surface area (Å²) >= 11 is 0. The molecular weight excluding hydrogens is 469 g/mol. The number of aryl methyl sites for hydroxylation is 1. The molecule has 1 heterocycles. The number of sulfonamides is 1. The zero-order valence-electron chi connectivity index (χ0n) is 19.7. The molecular formula is C26H28FN3O4S. The molecule has 0 unspecified atom stereocenters. The van der Waals surface area contributed by atoms with E-state index < -0.39 is 15.8 Å². The lowest BCUT2D eigenvalue weighted by Gasteiger charge is -2.24. The molecule has 7 nitrogen and oxygen atoms in total. The fraction of sp³-hybridized carbons (Fsp3) is 0.269. The molecule has 0 atom stereocenters. The van der Waals surface area contributed by atoms with Crippen molar-refractivity contribution < 1.29 is 22.3 Å². The number of methoxy groups -OCH3 is 1. The van der Waals surface area contributed by atoms with E-state index in [0.29, 0.717) is 30.8 Å². The van der Waals surface area contributed by atoms with Crippen molar-refractivity contribution in [3.8, 4) is 5.75 Å². The van der Waals surface area contributed by atoms with Crippen molar-refractivity contribution in [3.63, 3.8) is 0 Å². The predicted octanol–water partition coefficient (Wildman–Crippen LogP) is 4.30. The van der Waals surface area contributed by atoms with Crippen LogP contribution in [0.25, 0.3) is 0 Å². The quantitative estimate of drug-likeness (QED) is 0.550. The highest BCUT2D eigenvalue weighted by atomic mass is 32.2. The highest BCUT2D eigenvalue weighted by Crippen LogP contribution is 2.23. The van der Waals surface area contributed by atoms with E-state index >= 15 is 0 Å². The van der Waals surface area contributed by atoms with Crippen LogP contribution in [0.3, 0.4) is 0 Å². The summed E-state index contributed by atoms with van der Waals surface area (Å²) in [7, 11) is -2.37. The largest absolute Gasteiger partial charge is 0.497 e. The number of nitrogens with zero attached hydrogens (tertiary/aromatic N) is 2.